The van der Waals surface area contributed by atoms with E-state index in [1.165, 1.54) is 11.6 Å². The molecular formula is C17H20N6O2. The van der Waals surface area contributed by atoms with Crippen molar-refractivity contribution in [2.75, 3.05) is 31.1 Å². The van der Waals surface area contributed by atoms with Crippen LogP contribution in [0.3, 0.4) is 0 Å². The molecule has 0 atom stereocenters. The van der Waals surface area contributed by atoms with Gasteiger partial charge in [-0.3, -0.25) is 18.5 Å². The van der Waals surface area contributed by atoms with E-state index in [0.29, 0.717) is 17.1 Å². The molecule has 0 aliphatic carbocycles. The third-order valence-electron chi connectivity index (χ3n) is 4.65. The Balaban J connectivity index is 2.11. The molecule has 1 aliphatic heterocycles. The molecule has 3 heterocycles. The molecule has 1 aliphatic rings. The standard InChI is InChI=1S/C17H20N6O2/c1-20-14-13(15(24)21(2)17(20)25)23(12-6-4-3-5-7-12)16(19-14)22-10-8-18-9-11-22/h3-7,18H,8-11H2,1-2H3. The van der Waals surface area contributed by atoms with Crippen LogP contribution in [-0.2, 0) is 14.1 Å². The maximum atomic E-state index is 12.8. The fourth-order valence-electron chi connectivity index (χ4n) is 3.28. The highest BCUT2D eigenvalue weighted by molar-refractivity contribution is 5.77. The normalized spacial score (nSPS) is 15.0. The minimum absolute atomic E-state index is 0.337. The summed E-state index contributed by atoms with van der Waals surface area (Å²) < 4.78 is 4.43. The highest BCUT2D eigenvalue weighted by atomic mass is 16.2. The summed E-state index contributed by atoms with van der Waals surface area (Å²) in [6.45, 7) is 3.30. The van der Waals surface area contributed by atoms with Crippen LogP contribution in [0, 0.1) is 0 Å². The molecule has 3 aromatic rings. The molecule has 2 aromatic heterocycles. The number of rotatable bonds is 2. The van der Waals surface area contributed by atoms with Gasteiger partial charge in [-0.05, 0) is 12.1 Å². The topological polar surface area (TPSA) is 77.1 Å². The van der Waals surface area contributed by atoms with Gasteiger partial charge >= 0.3 is 5.69 Å². The number of nitrogens with zero attached hydrogens (tertiary/aromatic N) is 5. The highest BCUT2D eigenvalue weighted by Gasteiger charge is 2.24. The van der Waals surface area contributed by atoms with Crippen LogP contribution in [0.5, 0.6) is 0 Å². The Bertz CT molecular complexity index is 1040. The van der Waals surface area contributed by atoms with Gasteiger partial charge in [0, 0.05) is 46.0 Å². The van der Waals surface area contributed by atoms with Gasteiger partial charge in [0.15, 0.2) is 11.2 Å². The summed E-state index contributed by atoms with van der Waals surface area (Å²) in [6.07, 6.45) is 0. The predicted octanol–water partition coefficient (Wildman–Crippen LogP) is -0.167. The SMILES string of the molecule is Cn1c(=O)c2c(nc(N3CCNCC3)n2-c2ccccc2)n(C)c1=O. The number of aromatic nitrogens is 4. The summed E-state index contributed by atoms with van der Waals surface area (Å²) in [5.74, 6) is 0.695. The highest BCUT2D eigenvalue weighted by Crippen LogP contribution is 2.24. The van der Waals surface area contributed by atoms with Crippen molar-refractivity contribution in [1.82, 2.24) is 24.0 Å². The first-order valence-corrected chi connectivity index (χ1v) is 8.29. The van der Waals surface area contributed by atoms with Gasteiger partial charge in [-0.1, -0.05) is 18.2 Å². The lowest BCUT2D eigenvalue weighted by Crippen LogP contribution is -2.44. The van der Waals surface area contributed by atoms with Gasteiger partial charge in [0.25, 0.3) is 5.56 Å². The van der Waals surface area contributed by atoms with Crippen LogP contribution in [0.15, 0.2) is 39.9 Å². The number of hydrogen-bond donors (Lipinski definition) is 1. The second-order valence-electron chi connectivity index (χ2n) is 6.20. The molecule has 0 unspecified atom stereocenters. The van der Waals surface area contributed by atoms with Crippen LogP contribution in [0.4, 0.5) is 5.95 Å². The third kappa shape index (κ3) is 2.37. The molecule has 130 valence electrons. The smallest absolute Gasteiger partial charge is 0.332 e. The van der Waals surface area contributed by atoms with E-state index in [4.69, 9.17) is 0 Å². The molecule has 0 spiro atoms. The largest absolute Gasteiger partial charge is 0.339 e. The number of aryl methyl sites for hydroxylation is 1. The van der Waals surface area contributed by atoms with Crippen molar-refractivity contribution < 1.29 is 0 Å². The van der Waals surface area contributed by atoms with Crippen molar-refractivity contribution in [3.8, 4) is 5.69 Å². The molecule has 8 nitrogen and oxygen atoms in total. The van der Waals surface area contributed by atoms with Gasteiger partial charge in [-0.15, -0.1) is 0 Å². The second-order valence-corrected chi connectivity index (χ2v) is 6.20. The average molecular weight is 340 g/mol. The molecule has 0 bridgehead atoms. The lowest BCUT2D eigenvalue weighted by molar-refractivity contribution is 0.578. The minimum Gasteiger partial charge on any atom is -0.339 e. The Labute approximate surface area is 143 Å². The fraction of sp³-hybridized carbons (Fsp3) is 0.353. The molecule has 1 aromatic carbocycles. The lowest BCUT2D eigenvalue weighted by Gasteiger charge is -2.28. The van der Waals surface area contributed by atoms with Crippen LogP contribution >= 0.6 is 0 Å². The second kappa shape index (κ2) is 5.89. The third-order valence-corrected chi connectivity index (χ3v) is 4.65. The average Bonchev–Trinajstić information content (AvgIpc) is 3.07. The number of anilines is 1. The Hall–Kier alpha value is -2.87. The van der Waals surface area contributed by atoms with Gasteiger partial charge < -0.3 is 10.2 Å². The zero-order chi connectivity index (χ0) is 17.6. The molecule has 1 saturated heterocycles. The van der Waals surface area contributed by atoms with Crippen molar-refractivity contribution in [2.45, 2.75) is 0 Å². The number of nitrogens with one attached hydrogen (secondary N) is 1. The summed E-state index contributed by atoms with van der Waals surface area (Å²) in [4.78, 5) is 32.0. The Kier molecular flexibility index (Phi) is 3.69. The first-order valence-electron chi connectivity index (χ1n) is 8.29. The van der Waals surface area contributed by atoms with E-state index in [1.807, 2.05) is 34.9 Å². The van der Waals surface area contributed by atoms with Crippen LogP contribution in [0.2, 0.25) is 0 Å². The summed E-state index contributed by atoms with van der Waals surface area (Å²) in [5, 5.41) is 3.32. The van der Waals surface area contributed by atoms with Crippen LogP contribution in [-0.4, -0.2) is 44.9 Å². The van der Waals surface area contributed by atoms with Crippen LogP contribution in [0.25, 0.3) is 16.9 Å². The van der Waals surface area contributed by atoms with Gasteiger partial charge in [0.2, 0.25) is 5.95 Å². The molecular weight excluding hydrogens is 320 g/mol. The van der Waals surface area contributed by atoms with Crippen molar-refractivity contribution in [2.24, 2.45) is 14.1 Å². The molecule has 8 heteroatoms. The van der Waals surface area contributed by atoms with Gasteiger partial charge in [0.05, 0.1) is 0 Å². The van der Waals surface area contributed by atoms with Crippen molar-refractivity contribution >= 4 is 17.1 Å². The first-order chi connectivity index (χ1) is 12.1. The number of hydrogen-bond acceptors (Lipinski definition) is 5. The maximum absolute atomic E-state index is 12.8. The molecule has 0 amide bonds. The zero-order valence-corrected chi connectivity index (χ0v) is 14.3. The van der Waals surface area contributed by atoms with E-state index < -0.39 is 0 Å². The van der Waals surface area contributed by atoms with Crippen molar-refractivity contribution in [3.05, 3.63) is 51.2 Å². The molecule has 25 heavy (non-hydrogen) atoms. The van der Waals surface area contributed by atoms with Gasteiger partial charge in [0.1, 0.15) is 0 Å². The van der Waals surface area contributed by atoms with E-state index in [-0.39, 0.29) is 11.2 Å². The number of para-hydroxylation sites is 1. The van der Waals surface area contributed by atoms with Crippen molar-refractivity contribution in [3.63, 3.8) is 0 Å². The van der Waals surface area contributed by atoms with Crippen LogP contribution in [0.1, 0.15) is 0 Å². The number of benzene rings is 1. The molecule has 1 N–H and O–H groups in total. The predicted molar refractivity (Wildman–Crippen MR) is 96.6 cm³/mol. The Morgan fingerprint density at radius 3 is 2.36 bits per heavy atom. The van der Waals surface area contributed by atoms with E-state index in [9.17, 15) is 9.59 Å². The molecule has 0 saturated carbocycles. The summed E-state index contributed by atoms with van der Waals surface area (Å²) in [5.41, 5.74) is 0.974. The minimum atomic E-state index is -0.373. The Morgan fingerprint density at radius 1 is 1.00 bits per heavy atom. The quantitative estimate of drug-likeness (QED) is 0.701. The fourth-order valence-corrected chi connectivity index (χ4v) is 3.28. The summed E-state index contributed by atoms with van der Waals surface area (Å²) >= 11 is 0. The van der Waals surface area contributed by atoms with E-state index in [1.54, 1.807) is 7.05 Å². The Morgan fingerprint density at radius 2 is 1.68 bits per heavy atom. The molecule has 1 fully saturated rings. The summed E-state index contributed by atoms with van der Waals surface area (Å²) in [7, 11) is 3.14. The summed E-state index contributed by atoms with van der Waals surface area (Å²) in [6, 6.07) is 9.67. The number of piperazine rings is 1. The number of imidazole rings is 1. The monoisotopic (exact) mass is 340 g/mol. The molecule has 0 radical (unpaired) electrons. The van der Waals surface area contributed by atoms with E-state index >= 15 is 0 Å². The van der Waals surface area contributed by atoms with Gasteiger partial charge in [-0.2, -0.15) is 4.98 Å². The molecule has 4 rings (SSSR count). The van der Waals surface area contributed by atoms with E-state index in [0.717, 1.165) is 36.4 Å². The van der Waals surface area contributed by atoms with Crippen LogP contribution < -0.4 is 21.5 Å². The zero-order valence-electron chi connectivity index (χ0n) is 14.3. The first kappa shape index (κ1) is 15.6. The van der Waals surface area contributed by atoms with E-state index in [2.05, 4.69) is 15.2 Å². The number of fused-ring (bicyclic) bond motifs is 1. The lowest BCUT2D eigenvalue weighted by atomic mass is 10.3. The van der Waals surface area contributed by atoms with Gasteiger partial charge in [-0.25, -0.2) is 4.79 Å². The maximum Gasteiger partial charge on any atom is 0.332 e. The van der Waals surface area contributed by atoms with Crippen molar-refractivity contribution in [1.29, 1.82) is 0 Å².